The molecule has 0 bridgehead atoms. The molecule has 0 heterocycles. The molecule has 0 aliphatic heterocycles. The Morgan fingerprint density at radius 2 is 2.17 bits per heavy atom. The molecule has 18 heavy (non-hydrogen) atoms. The first-order valence-corrected chi connectivity index (χ1v) is 5.51. The molecule has 0 saturated carbocycles. The predicted molar refractivity (Wildman–Crippen MR) is 66.1 cm³/mol. The number of nitrogen functional groups attached to an aromatic ring is 1. The standard InChI is InChI=1S/C12H16N2O4/c1-3-18-12(17)7(2)14-11(16)9-6-8(15)4-5-10(9)13/h4-7,15H,3,13H2,1-2H3,(H,14,16). The molecule has 0 aliphatic carbocycles. The normalized spacial score (nSPS) is 11.7. The van der Waals surface area contributed by atoms with Gasteiger partial charge in [0.2, 0.25) is 0 Å². The molecule has 1 aromatic carbocycles. The lowest BCUT2D eigenvalue weighted by molar-refractivity contribution is -0.144. The lowest BCUT2D eigenvalue weighted by Crippen LogP contribution is -2.39. The van der Waals surface area contributed by atoms with E-state index in [2.05, 4.69) is 5.32 Å². The number of phenolic OH excluding ortho intramolecular Hbond substituents is 1. The Hall–Kier alpha value is -2.24. The molecule has 0 saturated heterocycles. The number of carbonyl (C=O) groups excluding carboxylic acids is 2. The lowest BCUT2D eigenvalue weighted by atomic mass is 10.1. The van der Waals surface area contributed by atoms with Gasteiger partial charge in [-0.05, 0) is 32.0 Å². The van der Waals surface area contributed by atoms with Gasteiger partial charge in [-0.2, -0.15) is 0 Å². The third-order valence-electron chi connectivity index (χ3n) is 2.27. The zero-order valence-electron chi connectivity index (χ0n) is 10.3. The Morgan fingerprint density at radius 1 is 1.50 bits per heavy atom. The van der Waals surface area contributed by atoms with Crippen LogP contribution in [0.15, 0.2) is 18.2 Å². The molecule has 98 valence electrons. The molecule has 1 amide bonds. The lowest BCUT2D eigenvalue weighted by Gasteiger charge is -2.13. The third-order valence-corrected chi connectivity index (χ3v) is 2.27. The van der Waals surface area contributed by atoms with E-state index in [-0.39, 0.29) is 23.6 Å². The van der Waals surface area contributed by atoms with E-state index in [4.69, 9.17) is 10.5 Å². The Morgan fingerprint density at radius 3 is 2.78 bits per heavy atom. The first-order chi connectivity index (χ1) is 8.45. The fraction of sp³-hybridized carbons (Fsp3) is 0.333. The van der Waals surface area contributed by atoms with Crippen LogP contribution in [0.25, 0.3) is 0 Å². The summed E-state index contributed by atoms with van der Waals surface area (Å²) in [6.45, 7) is 3.43. The van der Waals surface area contributed by atoms with Gasteiger partial charge >= 0.3 is 5.97 Å². The second kappa shape index (κ2) is 5.90. The molecule has 0 fully saturated rings. The highest BCUT2D eigenvalue weighted by atomic mass is 16.5. The number of hydrogen-bond donors (Lipinski definition) is 3. The van der Waals surface area contributed by atoms with Gasteiger partial charge in [-0.15, -0.1) is 0 Å². The quantitative estimate of drug-likeness (QED) is 0.415. The molecule has 1 aromatic rings. The molecule has 0 aliphatic rings. The van der Waals surface area contributed by atoms with Gasteiger partial charge in [0.1, 0.15) is 11.8 Å². The minimum atomic E-state index is -0.779. The number of anilines is 1. The zero-order valence-corrected chi connectivity index (χ0v) is 10.3. The summed E-state index contributed by atoms with van der Waals surface area (Å²) in [6, 6.07) is 3.25. The van der Waals surface area contributed by atoms with E-state index < -0.39 is 17.9 Å². The number of esters is 1. The molecular formula is C12H16N2O4. The molecule has 0 spiro atoms. The molecule has 6 nitrogen and oxygen atoms in total. The SMILES string of the molecule is CCOC(=O)C(C)NC(=O)c1cc(O)ccc1N. The van der Waals surface area contributed by atoms with Gasteiger partial charge in [0.25, 0.3) is 5.91 Å². The van der Waals surface area contributed by atoms with E-state index in [1.807, 2.05) is 0 Å². The van der Waals surface area contributed by atoms with Crippen LogP contribution in [0.4, 0.5) is 5.69 Å². The number of rotatable bonds is 4. The van der Waals surface area contributed by atoms with Crippen molar-refractivity contribution < 1.29 is 19.4 Å². The number of phenols is 1. The largest absolute Gasteiger partial charge is 0.508 e. The first kappa shape index (κ1) is 13.8. The Bertz CT molecular complexity index is 459. The molecular weight excluding hydrogens is 236 g/mol. The second-order valence-corrected chi connectivity index (χ2v) is 3.72. The van der Waals surface area contributed by atoms with E-state index in [0.717, 1.165) is 0 Å². The molecule has 1 rings (SSSR count). The van der Waals surface area contributed by atoms with Crippen LogP contribution in [0.5, 0.6) is 5.75 Å². The van der Waals surface area contributed by atoms with E-state index in [1.54, 1.807) is 6.92 Å². The summed E-state index contributed by atoms with van der Waals surface area (Å²) in [5.41, 5.74) is 5.95. The number of carbonyl (C=O) groups is 2. The summed E-state index contributed by atoms with van der Waals surface area (Å²) in [5, 5.41) is 11.7. The zero-order chi connectivity index (χ0) is 13.7. The highest BCUT2D eigenvalue weighted by molar-refractivity contribution is 6.01. The Labute approximate surface area is 105 Å². The van der Waals surface area contributed by atoms with Gasteiger partial charge in [-0.25, -0.2) is 4.79 Å². The van der Waals surface area contributed by atoms with Gasteiger partial charge in [0, 0.05) is 5.69 Å². The minimum absolute atomic E-state index is 0.0712. The van der Waals surface area contributed by atoms with Crippen LogP contribution in [0.2, 0.25) is 0 Å². The van der Waals surface area contributed by atoms with Crippen molar-refractivity contribution in [2.75, 3.05) is 12.3 Å². The number of aromatic hydroxyl groups is 1. The highest BCUT2D eigenvalue weighted by Crippen LogP contribution is 2.18. The van der Waals surface area contributed by atoms with Gasteiger partial charge in [0.05, 0.1) is 12.2 Å². The minimum Gasteiger partial charge on any atom is -0.508 e. The Kier molecular flexibility index (Phi) is 4.53. The number of nitrogens with one attached hydrogen (secondary N) is 1. The first-order valence-electron chi connectivity index (χ1n) is 5.51. The topological polar surface area (TPSA) is 102 Å². The molecule has 6 heteroatoms. The Balaban J connectivity index is 2.76. The molecule has 1 atom stereocenters. The van der Waals surface area contributed by atoms with Crippen molar-refractivity contribution in [1.82, 2.24) is 5.32 Å². The van der Waals surface area contributed by atoms with Gasteiger partial charge in [-0.1, -0.05) is 0 Å². The maximum atomic E-state index is 11.8. The van der Waals surface area contributed by atoms with Crippen LogP contribution in [0, 0.1) is 0 Å². The highest BCUT2D eigenvalue weighted by Gasteiger charge is 2.19. The van der Waals surface area contributed by atoms with Crippen molar-refractivity contribution in [2.45, 2.75) is 19.9 Å². The summed E-state index contributed by atoms with van der Waals surface area (Å²) in [4.78, 5) is 23.2. The second-order valence-electron chi connectivity index (χ2n) is 3.72. The van der Waals surface area contributed by atoms with E-state index in [1.165, 1.54) is 25.1 Å². The van der Waals surface area contributed by atoms with Crippen molar-refractivity contribution in [3.8, 4) is 5.75 Å². The van der Waals surface area contributed by atoms with Gasteiger partial charge in [-0.3, -0.25) is 4.79 Å². The van der Waals surface area contributed by atoms with E-state index in [9.17, 15) is 14.7 Å². The van der Waals surface area contributed by atoms with Gasteiger partial charge in [0.15, 0.2) is 0 Å². The average molecular weight is 252 g/mol. The smallest absolute Gasteiger partial charge is 0.328 e. The van der Waals surface area contributed by atoms with Crippen LogP contribution in [-0.2, 0) is 9.53 Å². The molecule has 1 unspecified atom stereocenters. The van der Waals surface area contributed by atoms with Crippen molar-refractivity contribution in [1.29, 1.82) is 0 Å². The fourth-order valence-electron chi connectivity index (χ4n) is 1.34. The summed E-state index contributed by atoms with van der Waals surface area (Å²) in [7, 11) is 0. The maximum absolute atomic E-state index is 11.8. The van der Waals surface area contributed by atoms with Crippen LogP contribution in [-0.4, -0.2) is 29.6 Å². The number of benzene rings is 1. The van der Waals surface area contributed by atoms with Crippen LogP contribution in [0.1, 0.15) is 24.2 Å². The van der Waals surface area contributed by atoms with Crippen LogP contribution >= 0.6 is 0 Å². The third kappa shape index (κ3) is 3.38. The van der Waals surface area contributed by atoms with Crippen LogP contribution < -0.4 is 11.1 Å². The summed E-state index contributed by atoms with van der Waals surface area (Å²) in [5.74, 6) is -1.13. The number of amides is 1. The summed E-state index contributed by atoms with van der Waals surface area (Å²) < 4.78 is 4.76. The van der Waals surface area contributed by atoms with E-state index in [0.29, 0.717) is 0 Å². The number of nitrogens with two attached hydrogens (primary N) is 1. The number of ether oxygens (including phenoxy) is 1. The van der Waals surface area contributed by atoms with E-state index >= 15 is 0 Å². The summed E-state index contributed by atoms with van der Waals surface area (Å²) in [6.07, 6.45) is 0. The fourth-order valence-corrected chi connectivity index (χ4v) is 1.34. The van der Waals surface area contributed by atoms with Crippen LogP contribution in [0.3, 0.4) is 0 Å². The molecule has 0 radical (unpaired) electrons. The maximum Gasteiger partial charge on any atom is 0.328 e. The molecule has 0 aromatic heterocycles. The molecule has 4 N–H and O–H groups in total. The van der Waals surface area contributed by atoms with Gasteiger partial charge < -0.3 is 20.9 Å². The van der Waals surface area contributed by atoms with Crippen molar-refractivity contribution in [2.24, 2.45) is 0 Å². The predicted octanol–water partition coefficient (Wildman–Crippen LogP) is 0.656. The number of hydrogen-bond acceptors (Lipinski definition) is 5. The van der Waals surface area contributed by atoms with Crippen molar-refractivity contribution >= 4 is 17.6 Å². The monoisotopic (exact) mass is 252 g/mol. The summed E-state index contributed by atoms with van der Waals surface area (Å²) >= 11 is 0. The van der Waals surface area contributed by atoms with Crippen molar-refractivity contribution in [3.05, 3.63) is 23.8 Å². The van der Waals surface area contributed by atoms with Crippen molar-refractivity contribution in [3.63, 3.8) is 0 Å². The average Bonchev–Trinajstić information content (AvgIpc) is 2.32.